The van der Waals surface area contributed by atoms with E-state index < -0.39 is 17.0 Å². The lowest BCUT2D eigenvalue weighted by atomic mass is 9.87. The monoisotopic (exact) mass is 539 g/mol. The van der Waals surface area contributed by atoms with Crippen LogP contribution < -0.4 is 5.32 Å². The van der Waals surface area contributed by atoms with Crippen LogP contribution >= 0.6 is 11.6 Å². The van der Waals surface area contributed by atoms with Crippen LogP contribution in [-0.2, 0) is 28.2 Å². The number of hydrazone groups is 1. The van der Waals surface area contributed by atoms with Crippen molar-refractivity contribution in [3.05, 3.63) is 88.2 Å². The summed E-state index contributed by atoms with van der Waals surface area (Å²) in [5.74, 6) is -0.199. The molecule has 4 rings (SSSR count). The fourth-order valence-corrected chi connectivity index (χ4v) is 4.76. The Morgan fingerprint density at radius 3 is 2.41 bits per heavy atom. The summed E-state index contributed by atoms with van der Waals surface area (Å²) in [4.78, 5) is 24.3. The van der Waals surface area contributed by atoms with E-state index in [4.69, 9.17) is 21.3 Å². The van der Waals surface area contributed by atoms with Gasteiger partial charge in [0.1, 0.15) is 12.3 Å². The van der Waals surface area contributed by atoms with Crippen molar-refractivity contribution in [2.75, 3.05) is 5.32 Å². The number of aromatic nitrogens is 2. The van der Waals surface area contributed by atoms with Gasteiger partial charge in [-0.3, -0.25) is 9.80 Å². The van der Waals surface area contributed by atoms with Crippen molar-refractivity contribution in [2.45, 2.75) is 38.1 Å². The van der Waals surface area contributed by atoms with Crippen LogP contribution in [0.1, 0.15) is 46.9 Å². The van der Waals surface area contributed by atoms with Crippen molar-refractivity contribution in [1.29, 1.82) is 0 Å². The molecular weight excluding hydrogens is 514 g/mol. The zero-order valence-corrected chi connectivity index (χ0v) is 21.7. The number of nitrogens with one attached hydrogen (secondary N) is 1. The number of aldehydes is 1. The predicted octanol–water partition coefficient (Wildman–Crippen LogP) is 4.31. The number of benzene rings is 2. The minimum absolute atomic E-state index is 0.0762. The van der Waals surface area contributed by atoms with Crippen LogP contribution in [0, 0.1) is 5.92 Å². The summed E-state index contributed by atoms with van der Waals surface area (Å²) in [6.45, 7) is 2.49. The SMILES string of the molecule is CCC1CC(C=O)N(Cc2ccc(NC(=O)c3ccc(Cl)nn3)cc2)N=C1c1ccc(CS(=O)O)cc1. The minimum Gasteiger partial charge on any atom is -0.321 e. The summed E-state index contributed by atoms with van der Waals surface area (Å²) in [7, 11) is 0. The van der Waals surface area contributed by atoms with E-state index in [1.807, 2.05) is 36.4 Å². The number of halogens is 1. The molecule has 1 amide bonds. The molecular formula is C26H26ClN5O4S. The van der Waals surface area contributed by atoms with Crippen LogP contribution in [0.2, 0.25) is 5.15 Å². The van der Waals surface area contributed by atoms with E-state index >= 15 is 0 Å². The molecule has 2 heterocycles. The highest BCUT2D eigenvalue weighted by molar-refractivity contribution is 7.78. The first kappa shape index (κ1) is 26.6. The normalized spacial score (nSPS) is 18.1. The molecule has 1 aliphatic rings. The van der Waals surface area contributed by atoms with Gasteiger partial charge in [-0.1, -0.05) is 54.9 Å². The number of rotatable bonds is 9. The highest BCUT2D eigenvalue weighted by atomic mass is 35.5. The van der Waals surface area contributed by atoms with Crippen LogP contribution in [0.25, 0.3) is 0 Å². The molecule has 3 aromatic rings. The Morgan fingerprint density at radius 1 is 1.11 bits per heavy atom. The lowest BCUT2D eigenvalue weighted by Crippen LogP contribution is -2.41. The lowest BCUT2D eigenvalue weighted by molar-refractivity contribution is -0.113. The molecule has 1 aromatic heterocycles. The van der Waals surface area contributed by atoms with Gasteiger partial charge in [0.15, 0.2) is 21.9 Å². The smallest absolute Gasteiger partial charge is 0.276 e. The van der Waals surface area contributed by atoms with Crippen LogP contribution in [-0.4, -0.2) is 47.9 Å². The Bertz CT molecular complexity index is 1300. The highest BCUT2D eigenvalue weighted by Crippen LogP contribution is 2.28. The molecule has 9 nitrogen and oxygen atoms in total. The fourth-order valence-electron chi connectivity index (χ4n) is 4.18. The Labute approximate surface area is 222 Å². The highest BCUT2D eigenvalue weighted by Gasteiger charge is 2.30. The zero-order chi connectivity index (χ0) is 26.4. The van der Waals surface area contributed by atoms with Crippen LogP contribution in [0.4, 0.5) is 5.69 Å². The Kier molecular flexibility index (Phi) is 8.75. The molecule has 2 N–H and O–H groups in total. The van der Waals surface area contributed by atoms with Crippen molar-refractivity contribution in [1.82, 2.24) is 15.2 Å². The number of carbonyl (C=O) groups excluding carboxylic acids is 2. The Morgan fingerprint density at radius 2 is 1.81 bits per heavy atom. The van der Waals surface area contributed by atoms with Gasteiger partial charge in [-0.15, -0.1) is 10.2 Å². The molecule has 0 spiro atoms. The maximum absolute atomic E-state index is 12.4. The van der Waals surface area contributed by atoms with Crippen LogP contribution in [0.5, 0.6) is 0 Å². The summed E-state index contributed by atoms with van der Waals surface area (Å²) >= 11 is 3.82. The molecule has 11 heteroatoms. The van der Waals surface area contributed by atoms with Gasteiger partial charge < -0.3 is 14.7 Å². The number of hydrogen-bond donors (Lipinski definition) is 2. The average molecular weight is 540 g/mol. The standard InChI is InChI=1S/C26H26ClN5O4S/c1-2-19-13-22(15-33)32(31-25(19)20-7-3-18(4-8-20)16-37(35)36)14-17-5-9-21(10-6-17)28-26(34)23-11-12-24(27)30-29-23/h3-12,15,19,22H,2,13-14,16H2,1H3,(H,28,34)(H,35,36). The molecule has 0 aliphatic carbocycles. The summed E-state index contributed by atoms with van der Waals surface area (Å²) in [5.41, 5.74) is 4.26. The zero-order valence-electron chi connectivity index (χ0n) is 20.1. The van der Waals surface area contributed by atoms with E-state index in [1.54, 1.807) is 17.1 Å². The summed E-state index contributed by atoms with van der Waals surface area (Å²) in [6.07, 6.45) is 2.42. The molecule has 0 radical (unpaired) electrons. The molecule has 0 saturated carbocycles. The van der Waals surface area contributed by atoms with E-state index in [1.165, 1.54) is 12.1 Å². The molecule has 1 aliphatic heterocycles. The maximum Gasteiger partial charge on any atom is 0.276 e. The summed E-state index contributed by atoms with van der Waals surface area (Å²) in [6, 6.07) is 17.4. The van der Waals surface area contributed by atoms with Gasteiger partial charge in [0.2, 0.25) is 0 Å². The summed E-state index contributed by atoms with van der Waals surface area (Å²) < 4.78 is 20.2. The van der Waals surface area contributed by atoms with Gasteiger partial charge in [-0.05, 0) is 53.8 Å². The van der Waals surface area contributed by atoms with E-state index in [2.05, 4.69) is 22.4 Å². The Balaban J connectivity index is 1.50. The second kappa shape index (κ2) is 12.2. The first-order valence-corrected chi connectivity index (χ1v) is 13.4. The van der Waals surface area contributed by atoms with Crippen molar-refractivity contribution < 1.29 is 18.4 Å². The third kappa shape index (κ3) is 6.85. The maximum atomic E-state index is 12.4. The fraction of sp³-hybridized carbons (Fsp3) is 0.269. The van der Waals surface area contributed by atoms with Gasteiger partial charge in [0.05, 0.1) is 18.0 Å². The predicted molar refractivity (Wildman–Crippen MR) is 143 cm³/mol. The number of anilines is 1. The third-order valence-electron chi connectivity index (χ3n) is 6.14. The largest absolute Gasteiger partial charge is 0.321 e. The van der Waals surface area contributed by atoms with Crippen LogP contribution in [0.15, 0.2) is 65.8 Å². The molecule has 3 unspecified atom stereocenters. The van der Waals surface area contributed by atoms with E-state index in [0.717, 1.165) is 35.1 Å². The van der Waals surface area contributed by atoms with Crippen molar-refractivity contribution in [3.63, 3.8) is 0 Å². The average Bonchev–Trinajstić information content (AvgIpc) is 2.90. The molecule has 0 bridgehead atoms. The summed E-state index contributed by atoms with van der Waals surface area (Å²) in [5, 5.41) is 17.1. The molecule has 37 heavy (non-hydrogen) atoms. The topological polar surface area (TPSA) is 125 Å². The molecule has 2 aromatic carbocycles. The van der Waals surface area contributed by atoms with E-state index in [0.29, 0.717) is 18.7 Å². The van der Waals surface area contributed by atoms with Gasteiger partial charge in [0.25, 0.3) is 5.91 Å². The number of amides is 1. The van der Waals surface area contributed by atoms with E-state index in [-0.39, 0.29) is 28.6 Å². The van der Waals surface area contributed by atoms with Gasteiger partial charge in [-0.2, -0.15) is 5.10 Å². The molecule has 3 atom stereocenters. The van der Waals surface area contributed by atoms with Gasteiger partial charge in [-0.25, -0.2) is 4.21 Å². The third-order valence-corrected chi connectivity index (χ3v) is 6.92. The van der Waals surface area contributed by atoms with Gasteiger partial charge >= 0.3 is 0 Å². The number of carbonyl (C=O) groups is 2. The van der Waals surface area contributed by atoms with Crippen molar-refractivity contribution in [3.8, 4) is 0 Å². The number of hydrogen-bond acceptors (Lipinski definition) is 7. The van der Waals surface area contributed by atoms with Crippen molar-refractivity contribution in [2.24, 2.45) is 11.0 Å². The lowest BCUT2D eigenvalue weighted by Gasteiger charge is -2.35. The van der Waals surface area contributed by atoms with Gasteiger partial charge in [0, 0.05) is 11.6 Å². The van der Waals surface area contributed by atoms with Crippen molar-refractivity contribution >= 4 is 46.3 Å². The molecule has 0 saturated heterocycles. The second-order valence-electron chi connectivity index (χ2n) is 8.68. The Hall–Kier alpha value is -3.47. The first-order chi connectivity index (χ1) is 17.9. The minimum atomic E-state index is -1.90. The molecule has 192 valence electrons. The second-order valence-corrected chi connectivity index (χ2v) is 10.0. The van der Waals surface area contributed by atoms with Crippen LogP contribution in [0.3, 0.4) is 0 Å². The first-order valence-electron chi connectivity index (χ1n) is 11.7. The number of nitrogens with zero attached hydrogens (tertiary/aromatic N) is 4. The van der Waals surface area contributed by atoms with E-state index in [9.17, 15) is 13.8 Å². The molecule has 0 fully saturated rings. The quantitative estimate of drug-likeness (QED) is 0.306.